The van der Waals surface area contributed by atoms with E-state index in [0.29, 0.717) is 4.88 Å². The van der Waals surface area contributed by atoms with E-state index in [-0.39, 0.29) is 9.20 Å². The van der Waals surface area contributed by atoms with Crippen LogP contribution in [0.25, 0.3) is 0 Å². The summed E-state index contributed by atoms with van der Waals surface area (Å²) in [5, 5.41) is 0. The van der Waals surface area contributed by atoms with Gasteiger partial charge in [-0.15, -0.1) is 11.3 Å². The van der Waals surface area contributed by atoms with Crippen molar-refractivity contribution in [1.82, 2.24) is 4.72 Å². The molecule has 0 saturated heterocycles. The van der Waals surface area contributed by atoms with Gasteiger partial charge in [0, 0.05) is 0 Å². The Bertz CT molecular complexity index is 421. The number of thiocarbonyl (C=S) groups is 1. The minimum absolute atomic E-state index is 0.211. The summed E-state index contributed by atoms with van der Waals surface area (Å²) in [5.41, 5.74) is 5.34. The van der Waals surface area contributed by atoms with Gasteiger partial charge in [0.25, 0.3) is 0 Å². The van der Waals surface area contributed by atoms with Gasteiger partial charge in [0.2, 0.25) is 10.0 Å². The van der Waals surface area contributed by atoms with E-state index in [0.717, 1.165) is 11.3 Å². The van der Waals surface area contributed by atoms with Crippen LogP contribution in [0.15, 0.2) is 16.3 Å². The summed E-state index contributed by atoms with van der Waals surface area (Å²) >= 11 is 5.76. The van der Waals surface area contributed by atoms with Crippen LogP contribution in [0.2, 0.25) is 0 Å². The summed E-state index contributed by atoms with van der Waals surface area (Å²) in [4.78, 5) is 0.811. The first-order chi connectivity index (χ1) is 5.97. The van der Waals surface area contributed by atoms with Gasteiger partial charge in [-0.25, -0.2) is 13.1 Å². The third kappa shape index (κ3) is 2.25. The second-order valence-corrected chi connectivity index (χ2v) is 5.83. The van der Waals surface area contributed by atoms with Crippen LogP contribution < -0.4 is 10.5 Å². The molecule has 0 atom stereocenters. The molecule has 1 rings (SSSR count). The average Bonchev–Trinajstić information content (AvgIpc) is 2.52. The maximum Gasteiger partial charge on any atom is 0.249 e. The zero-order chi connectivity index (χ0) is 10.1. The maximum absolute atomic E-state index is 11.3. The van der Waals surface area contributed by atoms with E-state index in [2.05, 4.69) is 4.72 Å². The molecule has 0 radical (unpaired) electrons. The lowest BCUT2D eigenvalue weighted by molar-refractivity contribution is 0.590. The number of thiophene rings is 1. The second kappa shape index (κ2) is 3.70. The van der Waals surface area contributed by atoms with Gasteiger partial charge in [0.1, 0.15) is 9.20 Å². The number of rotatable bonds is 3. The van der Waals surface area contributed by atoms with Gasteiger partial charge in [-0.2, -0.15) is 0 Å². The number of hydrogen-bond acceptors (Lipinski definition) is 4. The number of sulfonamides is 1. The molecule has 0 aromatic carbocycles. The Balaban J connectivity index is 3.13. The largest absolute Gasteiger partial charge is 0.389 e. The standard InChI is InChI=1S/C6H8N2O2S3/c1-8-13(9,10)5-3-2-4(12-5)6(7)11/h2-3,8H,1H3,(H2,7,11). The van der Waals surface area contributed by atoms with Crippen molar-refractivity contribution in [2.45, 2.75) is 4.21 Å². The summed E-state index contributed by atoms with van der Waals surface area (Å²) < 4.78 is 24.9. The molecule has 1 heterocycles. The van der Waals surface area contributed by atoms with Crippen molar-refractivity contribution in [3.63, 3.8) is 0 Å². The summed E-state index contributed by atoms with van der Waals surface area (Å²) in [6.45, 7) is 0. The minimum atomic E-state index is -3.36. The highest BCUT2D eigenvalue weighted by Crippen LogP contribution is 2.20. The molecule has 0 aliphatic rings. The van der Waals surface area contributed by atoms with Crippen molar-refractivity contribution in [1.29, 1.82) is 0 Å². The minimum Gasteiger partial charge on any atom is -0.389 e. The third-order valence-corrected chi connectivity index (χ3v) is 4.73. The van der Waals surface area contributed by atoms with Gasteiger partial charge in [0.15, 0.2) is 0 Å². The van der Waals surface area contributed by atoms with Crippen LogP contribution in [0.5, 0.6) is 0 Å². The Labute approximate surface area is 85.8 Å². The van der Waals surface area contributed by atoms with Crippen molar-refractivity contribution in [3.05, 3.63) is 17.0 Å². The second-order valence-electron chi connectivity index (χ2n) is 2.19. The van der Waals surface area contributed by atoms with Crippen LogP contribution in [0, 0.1) is 0 Å². The van der Waals surface area contributed by atoms with Crippen molar-refractivity contribution in [2.24, 2.45) is 5.73 Å². The molecule has 0 fully saturated rings. The van der Waals surface area contributed by atoms with Crippen LogP contribution in [-0.2, 0) is 10.0 Å². The first-order valence-corrected chi connectivity index (χ1v) is 6.01. The predicted octanol–water partition coefficient (Wildman–Crippen LogP) is 0.290. The molecular formula is C6H8N2O2S3. The van der Waals surface area contributed by atoms with Gasteiger partial charge in [-0.05, 0) is 19.2 Å². The Morgan fingerprint density at radius 2 is 2.23 bits per heavy atom. The summed E-state index contributed by atoms with van der Waals surface area (Å²) in [6, 6.07) is 3.07. The smallest absolute Gasteiger partial charge is 0.249 e. The molecule has 0 saturated carbocycles. The van der Waals surface area contributed by atoms with Gasteiger partial charge >= 0.3 is 0 Å². The van der Waals surface area contributed by atoms with E-state index in [9.17, 15) is 8.42 Å². The molecule has 1 aromatic rings. The molecular weight excluding hydrogens is 228 g/mol. The summed E-state index contributed by atoms with van der Waals surface area (Å²) in [5.74, 6) is 0. The lowest BCUT2D eigenvalue weighted by Crippen LogP contribution is -2.17. The monoisotopic (exact) mass is 236 g/mol. The van der Waals surface area contributed by atoms with Crippen LogP contribution >= 0.6 is 23.6 Å². The van der Waals surface area contributed by atoms with Crippen LogP contribution in [0.4, 0.5) is 0 Å². The van der Waals surface area contributed by atoms with E-state index in [1.54, 1.807) is 6.07 Å². The maximum atomic E-state index is 11.3. The van der Waals surface area contributed by atoms with Crippen molar-refractivity contribution >= 4 is 38.6 Å². The van der Waals surface area contributed by atoms with Gasteiger partial charge in [-0.3, -0.25) is 0 Å². The van der Waals surface area contributed by atoms with E-state index < -0.39 is 10.0 Å². The fraction of sp³-hybridized carbons (Fsp3) is 0.167. The molecule has 0 bridgehead atoms. The van der Waals surface area contributed by atoms with E-state index >= 15 is 0 Å². The van der Waals surface area contributed by atoms with Crippen LogP contribution in [-0.4, -0.2) is 20.5 Å². The Kier molecular flexibility index (Phi) is 3.01. The van der Waals surface area contributed by atoms with Crippen molar-refractivity contribution in [2.75, 3.05) is 7.05 Å². The SMILES string of the molecule is CNS(=O)(=O)c1ccc(C(N)=S)s1. The molecule has 0 unspecified atom stereocenters. The molecule has 4 nitrogen and oxygen atoms in total. The lowest BCUT2D eigenvalue weighted by Gasteiger charge is -1.95. The molecule has 0 aliphatic carbocycles. The Morgan fingerprint density at radius 1 is 1.62 bits per heavy atom. The predicted molar refractivity (Wildman–Crippen MR) is 56.5 cm³/mol. The molecule has 13 heavy (non-hydrogen) atoms. The summed E-state index contributed by atoms with van der Waals surface area (Å²) in [7, 11) is -2.00. The van der Waals surface area contributed by atoms with E-state index in [4.69, 9.17) is 18.0 Å². The highest BCUT2D eigenvalue weighted by Gasteiger charge is 2.14. The fourth-order valence-electron chi connectivity index (χ4n) is 0.698. The fourth-order valence-corrected chi connectivity index (χ4v) is 2.89. The zero-order valence-electron chi connectivity index (χ0n) is 6.77. The van der Waals surface area contributed by atoms with Crippen LogP contribution in [0.3, 0.4) is 0 Å². The molecule has 0 amide bonds. The van der Waals surface area contributed by atoms with Crippen LogP contribution in [0.1, 0.15) is 4.88 Å². The molecule has 72 valence electrons. The molecule has 1 aromatic heterocycles. The highest BCUT2D eigenvalue weighted by atomic mass is 32.2. The lowest BCUT2D eigenvalue weighted by atomic mass is 10.5. The number of nitrogens with one attached hydrogen (secondary N) is 1. The quantitative estimate of drug-likeness (QED) is 0.740. The van der Waals surface area contributed by atoms with E-state index in [1.807, 2.05) is 0 Å². The summed E-state index contributed by atoms with van der Waals surface area (Å²) in [6.07, 6.45) is 0. The Hall–Kier alpha value is -0.500. The van der Waals surface area contributed by atoms with Crippen molar-refractivity contribution in [3.8, 4) is 0 Å². The van der Waals surface area contributed by atoms with Gasteiger partial charge < -0.3 is 5.73 Å². The topological polar surface area (TPSA) is 72.2 Å². The molecule has 7 heteroatoms. The molecule has 0 aliphatic heterocycles. The first kappa shape index (κ1) is 10.6. The Morgan fingerprint density at radius 3 is 2.62 bits per heavy atom. The normalized spacial score (nSPS) is 11.5. The third-order valence-electron chi connectivity index (χ3n) is 1.36. The average molecular weight is 236 g/mol. The van der Waals surface area contributed by atoms with Gasteiger partial charge in [0.05, 0.1) is 4.88 Å². The molecule has 3 N–H and O–H groups in total. The van der Waals surface area contributed by atoms with Gasteiger partial charge in [-0.1, -0.05) is 12.2 Å². The molecule has 0 spiro atoms. The first-order valence-electron chi connectivity index (χ1n) is 3.30. The van der Waals surface area contributed by atoms with Crippen molar-refractivity contribution < 1.29 is 8.42 Å². The number of nitrogens with two attached hydrogens (primary N) is 1. The number of hydrogen-bond donors (Lipinski definition) is 2. The van der Waals surface area contributed by atoms with E-state index in [1.165, 1.54) is 13.1 Å². The zero-order valence-corrected chi connectivity index (χ0v) is 9.22. The highest BCUT2D eigenvalue weighted by molar-refractivity contribution is 7.91.